The van der Waals surface area contributed by atoms with Crippen molar-refractivity contribution in [2.75, 3.05) is 18.6 Å². The molecule has 6 nitrogen and oxygen atoms in total. The van der Waals surface area contributed by atoms with Gasteiger partial charge in [0, 0.05) is 23.5 Å². The summed E-state index contributed by atoms with van der Waals surface area (Å²) in [5.74, 6) is 0.102. The molecule has 1 saturated heterocycles. The van der Waals surface area contributed by atoms with Crippen LogP contribution in [0.5, 0.6) is 5.75 Å². The summed E-state index contributed by atoms with van der Waals surface area (Å²) in [4.78, 5) is 14.9. The lowest BCUT2D eigenvalue weighted by Gasteiger charge is -2.28. The number of hydrogen-bond acceptors (Lipinski definition) is 5. The van der Waals surface area contributed by atoms with Crippen LogP contribution in [0.15, 0.2) is 53.1 Å². The number of halogens is 1. The molecule has 1 aliphatic rings. The molecule has 2 aromatic carbocycles. The highest BCUT2D eigenvalue weighted by Crippen LogP contribution is 2.28. The molecule has 1 fully saturated rings. The van der Waals surface area contributed by atoms with Crippen molar-refractivity contribution in [3.63, 3.8) is 0 Å². The van der Waals surface area contributed by atoms with Crippen LogP contribution in [0.3, 0.4) is 0 Å². The van der Waals surface area contributed by atoms with Gasteiger partial charge in [-0.15, -0.1) is 0 Å². The molecule has 1 unspecified atom stereocenters. The average Bonchev–Trinajstić information content (AvgIpc) is 3.29. The summed E-state index contributed by atoms with van der Waals surface area (Å²) in [5, 5.41) is 0.781. The van der Waals surface area contributed by atoms with Gasteiger partial charge < -0.3 is 14.1 Å². The van der Waals surface area contributed by atoms with E-state index in [0.717, 1.165) is 10.9 Å². The minimum Gasteiger partial charge on any atom is -0.497 e. The van der Waals surface area contributed by atoms with Crippen molar-refractivity contribution in [2.45, 2.75) is 25.4 Å². The second kappa shape index (κ2) is 8.10. The molecule has 30 heavy (non-hydrogen) atoms. The van der Waals surface area contributed by atoms with Crippen LogP contribution in [0, 0.1) is 5.82 Å². The largest absolute Gasteiger partial charge is 0.497 e. The maximum absolute atomic E-state index is 13.3. The van der Waals surface area contributed by atoms with E-state index in [0.29, 0.717) is 23.3 Å². The third-order valence-corrected chi connectivity index (χ3v) is 7.19. The van der Waals surface area contributed by atoms with Gasteiger partial charge in [0.05, 0.1) is 31.3 Å². The summed E-state index contributed by atoms with van der Waals surface area (Å²) in [6.07, 6.45) is 2.01. The van der Waals surface area contributed by atoms with E-state index in [1.54, 1.807) is 42.5 Å². The molecule has 0 aliphatic carbocycles. The van der Waals surface area contributed by atoms with E-state index in [9.17, 15) is 17.6 Å². The van der Waals surface area contributed by atoms with Gasteiger partial charge >= 0.3 is 0 Å². The Bertz CT molecular complexity index is 1170. The maximum Gasteiger partial charge on any atom is 0.227 e. The maximum atomic E-state index is 13.3. The number of benzene rings is 2. The monoisotopic (exact) mass is 431 g/mol. The molecular formula is C22H22FNO5S. The number of sulfone groups is 1. The van der Waals surface area contributed by atoms with Crippen LogP contribution in [0.1, 0.15) is 17.5 Å². The molecule has 1 atom stereocenters. The van der Waals surface area contributed by atoms with Crippen LogP contribution in [0.4, 0.5) is 4.39 Å². The summed E-state index contributed by atoms with van der Waals surface area (Å²) < 4.78 is 48.1. The van der Waals surface area contributed by atoms with E-state index in [1.807, 2.05) is 6.07 Å². The fourth-order valence-electron chi connectivity index (χ4n) is 3.82. The first-order valence-corrected chi connectivity index (χ1v) is 11.5. The number of amides is 1. The van der Waals surface area contributed by atoms with Crippen molar-refractivity contribution in [1.29, 1.82) is 0 Å². The molecule has 0 saturated carbocycles. The molecule has 0 spiro atoms. The van der Waals surface area contributed by atoms with Gasteiger partial charge in [0.2, 0.25) is 5.91 Å². The molecule has 158 valence electrons. The molecule has 0 bridgehead atoms. The molecule has 1 amide bonds. The fourth-order valence-corrected chi connectivity index (χ4v) is 5.55. The summed E-state index contributed by atoms with van der Waals surface area (Å²) in [5.41, 5.74) is 2.10. The predicted octanol–water partition coefficient (Wildman–Crippen LogP) is 3.34. The zero-order chi connectivity index (χ0) is 21.3. The number of nitrogens with zero attached hydrogens (tertiary/aromatic N) is 1. The molecule has 0 N–H and O–H groups in total. The molecule has 1 aromatic heterocycles. The SMILES string of the molecule is COc1ccc2occ(CC(=O)N(Cc3ccc(F)cc3)C3CCS(=O)(=O)C3)c2c1. The highest BCUT2D eigenvalue weighted by Gasteiger charge is 2.34. The van der Waals surface area contributed by atoms with Crippen LogP contribution in [-0.4, -0.2) is 43.9 Å². The van der Waals surface area contributed by atoms with Gasteiger partial charge in [-0.3, -0.25) is 4.79 Å². The topological polar surface area (TPSA) is 76.8 Å². The van der Waals surface area contributed by atoms with Crippen molar-refractivity contribution in [2.24, 2.45) is 0 Å². The number of carbonyl (C=O) groups excluding carboxylic acids is 1. The number of fused-ring (bicyclic) bond motifs is 1. The van der Waals surface area contributed by atoms with Gasteiger partial charge in [0.25, 0.3) is 0 Å². The van der Waals surface area contributed by atoms with E-state index < -0.39 is 15.9 Å². The minimum atomic E-state index is -3.17. The standard InChI is InChI=1S/C22H22FNO5S/c1-28-19-6-7-21-20(11-19)16(13-29-21)10-22(25)24(18-8-9-30(26,27)14-18)12-15-2-4-17(23)5-3-15/h2-7,11,13,18H,8-10,12,14H2,1H3. The number of ether oxygens (including phenoxy) is 1. The first kappa shape index (κ1) is 20.4. The van der Waals surface area contributed by atoms with E-state index in [2.05, 4.69) is 0 Å². The van der Waals surface area contributed by atoms with Gasteiger partial charge in [0.1, 0.15) is 17.1 Å². The summed E-state index contributed by atoms with van der Waals surface area (Å²) in [7, 11) is -1.60. The lowest BCUT2D eigenvalue weighted by atomic mass is 10.1. The number of hydrogen-bond donors (Lipinski definition) is 0. The molecule has 8 heteroatoms. The van der Waals surface area contributed by atoms with Crippen LogP contribution >= 0.6 is 0 Å². The lowest BCUT2D eigenvalue weighted by molar-refractivity contribution is -0.133. The normalized spacial score (nSPS) is 17.9. The van der Waals surface area contributed by atoms with Crippen LogP contribution in [-0.2, 0) is 27.6 Å². The molecule has 3 aromatic rings. The Balaban J connectivity index is 1.61. The van der Waals surface area contributed by atoms with Crippen molar-refractivity contribution in [3.05, 3.63) is 65.7 Å². The smallest absolute Gasteiger partial charge is 0.227 e. The van der Waals surface area contributed by atoms with Crippen molar-refractivity contribution in [3.8, 4) is 5.75 Å². The third kappa shape index (κ3) is 4.33. The van der Waals surface area contributed by atoms with Crippen molar-refractivity contribution in [1.82, 2.24) is 4.90 Å². The average molecular weight is 431 g/mol. The lowest BCUT2D eigenvalue weighted by Crippen LogP contribution is -2.41. The van der Waals surface area contributed by atoms with Gasteiger partial charge in [-0.1, -0.05) is 12.1 Å². The number of furan rings is 1. The van der Waals surface area contributed by atoms with Gasteiger partial charge in [-0.05, 0) is 42.3 Å². The van der Waals surface area contributed by atoms with E-state index >= 15 is 0 Å². The molecule has 1 aliphatic heterocycles. The number of carbonyl (C=O) groups is 1. The second-order valence-electron chi connectivity index (χ2n) is 7.50. The van der Waals surface area contributed by atoms with E-state index in [4.69, 9.17) is 9.15 Å². The Morgan fingerprint density at radius 3 is 2.67 bits per heavy atom. The Morgan fingerprint density at radius 1 is 1.23 bits per heavy atom. The highest BCUT2D eigenvalue weighted by molar-refractivity contribution is 7.91. The first-order valence-electron chi connectivity index (χ1n) is 9.63. The first-order chi connectivity index (χ1) is 14.3. The van der Waals surface area contributed by atoms with E-state index in [1.165, 1.54) is 12.1 Å². The van der Waals surface area contributed by atoms with E-state index in [-0.39, 0.29) is 36.2 Å². The Labute approximate surface area is 174 Å². The highest BCUT2D eigenvalue weighted by atomic mass is 32.2. The fraction of sp³-hybridized carbons (Fsp3) is 0.318. The van der Waals surface area contributed by atoms with Crippen LogP contribution in [0.2, 0.25) is 0 Å². The molecule has 0 radical (unpaired) electrons. The zero-order valence-corrected chi connectivity index (χ0v) is 17.3. The summed E-state index contributed by atoms with van der Waals surface area (Å²) in [6.45, 7) is 0.221. The number of rotatable bonds is 6. The second-order valence-corrected chi connectivity index (χ2v) is 9.73. The molecule has 2 heterocycles. The van der Waals surface area contributed by atoms with Crippen LogP contribution in [0.25, 0.3) is 11.0 Å². The van der Waals surface area contributed by atoms with Gasteiger partial charge in [-0.2, -0.15) is 0 Å². The van der Waals surface area contributed by atoms with Gasteiger partial charge in [-0.25, -0.2) is 12.8 Å². The van der Waals surface area contributed by atoms with Crippen LogP contribution < -0.4 is 4.74 Å². The Kier molecular flexibility index (Phi) is 5.51. The summed E-state index contributed by atoms with van der Waals surface area (Å²) >= 11 is 0. The minimum absolute atomic E-state index is 0.0557. The van der Waals surface area contributed by atoms with Crippen molar-refractivity contribution < 1.29 is 26.8 Å². The van der Waals surface area contributed by atoms with Crippen molar-refractivity contribution >= 4 is 26.7 Å². The molecular weight excluding hydrogens is 409 g/mol. The predicted molar refractivity (Wildman–Crippen MR) is 110 cm³/mol. The summed E-state index contributed by atoms with van der Waals surface area (Å²) in [6, 6.07) is 10.8. The Hall–Kier alpha value is -2.87. The quantitative estimate of drug-likeness (QED) is 0.598. The zero-order valence-electron chi connectivity index (χ0n) is 16.5. The Morgan fingerprint density at radius 2 is 2.00 bits per heavy atom. The van der Waals surface area contributed by atoms with Gasteiger partial charge in [0.15, 0.2) is 9.84 Å². The molecule has 4 rings (SSSR count). The number of methoxy groups -OCH3 is 1. The third-order valence-electron chi connectivity index (χ3n) is 5.44.